The van der Waals surface area contributed by atoms with Crippen LogP contribution in [0.15, 0.2) is 60.8 Å². The van der Waals surface area contributed by atoms with Gasteiger partial charge in [-0.2, -0.15) is 0 Å². The van der Waals surface area contributed by atoms with Crippen molar-refractivity contribution in [3.8, 4) is 0 Å². The molecule has 1 aliphatic heterocycles. The SMILES string of the molecule is O=C(c1ccc(NCc2ccccn2)nn1)N1CCc2ccccc2C1. The molecule has 0 unspecified atom stereocenters. The molecule has 0 aliphatic carbocycles. The van der Waals surface area contributed by atoms with Crippen LogP contribution in [0, 0.1) is 0 Å². The average Bonchev–Trinajstić information content (AvgIpc) is 2.72. The highest BCUT2D eigenvalue weighted by atomic mass is 16.2. The Hall–Kier alpha value is -3.28. The van der Waals surface area contributed by atoms with E-state index in [1.807, 2.05) is 35.2 Å². The molecule has 3 heterocycles. The maximum absolute atomic E-state index is 12.7. The number of anilines is 1. The van der Waals surface area contributed by atoms with Gasteiger partial charge in [0.2, 0.25) is 0 Å². The first-order valence-corrected chi connectivity index (χ1v) is 8.63. The number of rotatable bonds is 4. The van der Waals surface area contributed by atoms with Gasteiger partial charge in [0.15, 0.2) is 5.69 Å². The first kappa shape index (κ1) is 16.2. The molecular formula is C20H19N5O. The second kappa shape index (κ2) is 7.31. The van der Waals surface area contributed by atoms with Crippen LogP contribution in [-0.4, -0.2) is 32.5 Å². The Balaban J connectivity index is 1.40. The molecular weight excluding hydrogens is 326 g/mol. The normalized spacial score (nSPS) is 13.2. The number of carbonyl (C=O) groups is 1. The number of nitrogens with zero attached hydrogens (tertiary/aromatic N) is 4. The van der Waals surface area contributed by atoms with Gasteiger partial charge in [0.25, 0.3) is 5.91 Å². The number of fused-ring (bicyclic) bond motifs is 1. The predicted octanol–water partition coefficient (Wildman–Crippen LogP) is 2.68. The van der Waals surface area contributed by atoms with E-state index in [0.717, 1.165) is 12.1 Å². The minimum Gasteiger partial charge on any atom is -0.363 e. The molecule has 6 heteroatoms. The van der Waals surface area contributed by atoms with Crippen LogP contribution in [-0.2, 0) is 19.5 Å². The molecule has 1 aromatic carbocycles. The van der Waals surface area contributed by atoms with Gasteiger partial charge in [-0.25, -0.2) is 0 Å². The lowest BCUT2D eigenvalue weighted by atomic mass is 10.00. The highest BCUT2D eigenvalue weighted by Gasteiger charge is 2.22. The monoisotopic (exact) mass is 345 g/mol. The van der Waals surface area contributed by atoms with Crippen molar-refractivity contribution in [3.05, 3.63) is 83.3 Å². The molecule has 1 N–H and O–H groups in total. The number of pyridine rings is 1. The van der Waals surface area contributed by atoms with Gasteiger partial charge in [0, 0.05) is 19.3 Å². The number of carbonyl (C=O) groups excluding carboxylic acids is 1. The number of hydrogen-bond donors (Lipinski definition) is 1. The van der Waals surface area contributed by atoms with Crippen molar-refractivity contribution in [1.29, 1.82) is 0 Å². The number of amides is 1. The van der Waals surface area contributed by atoms with Crippen molar-refractivity contribution in [2.24, 2.45) is 0 Å². The Morgan fingerprint density at radius 2 is 1.85 bits per heavy atom. The molecule has 0 spiro atoms. The van der Waals surface area contributed by atoms with Gasteiger partial charge in [0.05, 0.1) is 12.2 Å². The minimum atomic E-state index is -0.0803. The summed E-state index contributed by atoms with van der Waals surface area (Å²) >= 11 is 0. The zero-order valence-corrected chi connectivity index (χ0v) is 14.3. The zero-order chi connectivity index (χ0) is 17.8. The summed E-state index contributed by atoms with van der Waals surface area (Å²) in [5.74, 6) is 0.541. The Morgan fingerprint density at radius 1 is 1.00 bits per heavy atom. The van der Waals surface area contributed by atoms with E-state index in [2.05, 4.69) is 32.6 Å². The number of hydrogen-bond acceptors (Lipinski definition) is 5. The fourth-order valence-corrected chi connectivity index (χ4v) is 3.06. The maximum atomic E-state index is 12.7. The third kappa shape index (κ3) is 3.54. The summed E-state index contributed by atoms with van der Waals surface area (Å²) in [5.41, 5.74) is 3.81. The summed E-state index contributed by atoms with van der Waals surface area (Å²) in [4.78, 5) is 18.8. The maximum Gasteiger partial charge on any atom is 0.274 e. The third-order valence-electron chi connectivity index (χ3n) is 4.48. The number of aromatic nitrogens is 3. The van der Waals surface area contributed by atoms with Crippen LogP contribution in [0.5, 0.6) is 0 Å². The molecule has 0 saturated heterocycles. The lowest BCUT2D eigenvalue weighted by molar-refractivity contribution is 0.0727. The molecule has 0 fully saturated rings. The molecule has 26 heavy (non-hydrogen) atoms. The van der Waals surface area contributed by atoms with Crippen molar-refractivity contribution in [1.82, 2.24) is 20.1 Å². The molecule has 0 atom stereocenters. The molecule has 3 aromatic rings. The van der Waals surface area contributed by atoms with Crippen molar-refractivity contribution >= 4 is 11.7 Å². The van der Waals surface area contributed by atoms with Crippen LogP contribution in [0.4, 0.5) is 5.82 Å². The van der Waals surface area contributed by atoms with E-state index in [1.165, 1.54) is 11.1 Å². The molecule has 0 bridgehead atoms. The Kier molecular flexibility index (Phi) is 4.55. The van der Waals surface area contributed by atoms with Crippen LogP contribution in [0.3, 0.4) is 0 Å². The highest BCUT2D eigenvalue weighted by Crippen LogP contribution is 2.20. The van der Waals surface area contributed by atoms with Crippen LogP contribution in [0.2, 0.25) is 0 Å². The lowest BCUT2D eigenvalue weighted by Crippen LogP contribution is -2.36. The van der Waals surface area contributed by atoms with E-state index >= 15 is 0 Å². The van der Waals surface area contributed by atoms with Crippen LogP contribution >= 0.6 is 0 Å². The summed E-state index contributed by atoms with van der Waals surface area (Å²) in [6.07, 6.45) is 2.63. The summed E-state index contributed by atoms with van der Waals surface area (Å²) in [6, 6.07) is 17.5. The molecule has 130 valence electrons. The van der Waals surface area contributed by atoms with Gasteiger partial charge in [0.1, 0.15) is 5.82 Å². The minimum absolute atomic E-state index is 0.0803. The zero-order valence-electron chi connectivity index (χ0n) is 14.3. The van der Waals surface area contributed by atoms with E-state index in [-0.39, 0.29) is 5.91 Å². The van der Waals surface area contributed by atoms with Gasteiger partial charge in [-0.05, 0) is 41.8 Å². The number of nitrogens with one attached hydrogen (secondary N) is 1. The Morgan fingerprint density at radius 3 is 2.62 bits per heavy atom. The highest BCUT2D eigenvalue weighted by molar-refractivity contribution is 5.92. The first-order valence-electron chi connectivity index (χ1n) is 8.63. The van der Waals surface area contributed by atoms with Crippen LogP contribution < -0.4 is 5.32 Å². The van der Waals surface area contributed by atoms with Crippen LogP contribution in [0.25, 0.3) is 0 Å². The summed E-state index contributed by atoms with van der Waals surface area (Å²) in [6.45, 7) is 1.89. The van der Waals surface area contributed by atoms with Gasteiger partial charge in [-0.3, -0.25) is 9.78 Å². The molecule has 6 nitrogen and oxygen atoms in total. The molecule has 0 radical (unpaired) electrons. The Bertz CT molecular complexity index is 896. The second-order valence-electron chi connectivity index (χ2n) is 6.22. The van der Waals surface area contributed by atoms with Gasteiger partial charge < -0.3 is 10.2 Å². The van der Waals surface area contributed by atoms with Crippen molar-refractivity contribution in [2.75, 3.05) is 11.9 Å². The van der Waals surface area contributed by atoms with E-state index in [9.17, 15) is 4.79 Å². The molecule has 4 rings (SSSR count). The quantitative estimate of drug-likeness (QED) is 0.787. The average molecular weight is 345 g/mol. The fraction of sp³-hybridized carbons (Fsp3) is 0.200. The van der Waals surface area contributed by atoms with Crippen molar-refractivity contribution in [2.45, 2.75) is 19.5 Å². The molecule has 2 aromatic heterocycles. The second-order valence-corrected chi connectivity index (χ2v) is 6.22. The van der Waals surface area contributed by atoms with Crippen molar-refractivity contribution < 1.29 is 4.79 Å². The van der Waals surface area contributed by atoms with E-state index in [1.54, 1.807) is 18.3 Å². The Labute approximate surface area is 151 Å². The smallest absolute Gasteiger partial charge is 0.274 e. The topological polar surface area (TPSA) is 71.0 Å². The van der Waals surface area contributed by atoms with Crippen LogP contribution in [0.1, 0.15) is 27.3 Å². The van der Waals surface area contributed by atoms with Gasteiger partial charge in [-0.15, -0.1) is 10.2 Å². The summed E-state index contributed by atoms with van der Waals surface area (Å²) in [5, 5.41) is 11.4. The molecule has 1 aliphatic rings. The van der Waals surface area contributed by atoms with E-state index in [0.29, 0.717) is 31.1 Å². The van der Waals surface area contributed by atoms with E-state index < -0.39 is 0 Å². The first-order chi connectivity index (χ1) is 12.8. The van der Waals surface area contributed by atoms with Gasteiger partial charge >= 0.3 is 0 Å². The van der Waals surface area contributed by atoms with E-state index in [4.69, 9.17) is 0 Å². The summed E-state index contributed by atoms with van der Waals surface area (Å²) in [7, 11) is 0. The predicted molar refractivity (Wildman–Crippen MR) is 98.5 cm³/mol. The fourth-order valence-electron chi connectivity index (χ4n) is 3.06. The van der Waals surface area contributed by atoms with Gasteiger partial charge in [-0.1, -0.05) is 30.3 Å². The standard InChI is InChI=1S/C20H19N5O/c26-20(25-12-10-15-5-1-2-6-16(15)14-25)18-8-9-19(24-23-18)22-13-17-7-3-4-11-21-17/h1-9,11H,10,12-14H2,(H,22,24). The number of benzene rings is 1. The lowest BCUT2D eigenvalue weighted by Gasteiger charge is -2.28. The largest absolute Gasteiger partial charge is 0.363 e. The third-order valence-corrected chi connectivity index (χ3v) is 4.48. The summed E-state index contributed by atoms with van der Waals surface area (Å²) < 4.78 is 0. The molecule has 0 saturated carbocycles. The molecule has 1 amide bonds. The van der Waals surface area contributed by atoms with Crippen molar-refractivity contribution in [3.63, 3.8) is 0 Å².